The van der Waals surface area contributed by atoms with E-state index in [-0.39, 0.29) is 26.6 Å². The van der Waals surface area contributed by atoms with Crippen LogP contribution in [0.4, 0.5) is 0 Å². The summed E-state index contributed by atoms with van der Waals surface area (Å²) in [4.78, 5) is 20.3. The zero-order valence-corrected chi connectivity index (χ0v) is 34.0. The molecule has 4 aromatic carbocycles. The fourth-order valence-electron chi connectivity index (χ4n) is 7.30. The third kappa shape index (κ3) is 7.63. The number of nitrogens with zero attached hydrogens (tertiary/aromatic N) is 4. The minimum atomic E-state index is -4.45. The second kappa shape index (κ2) is 15.2. The molecule has 1 radical (unpaired) electrons. The van der Waals surface area contributed by atoms with E-state index in [1.54, 1.807) is 24.3 Å². The first-order valence-electron chi connectivity index (χ1n) is 18.2. The Bertz CT molecular complexity index is 3050. The van der Waals surface area contributed by atoms with Gasteiger partial charge in [-0.05, 0) is 107 Å². The van der Waals surface area contributed by atoms with Gasteiger partial charge in [-0.25, -0.2) is 9.97 Å². The molecule has 0 atom stereocenters. The van der Waals surface area contributed by atoms with Gasteiger partial charge in [0.05, 0.1) is 32.6 Å². The van der Waals surface area contributed by atoms with Crippen LogP contribution in [0.15, 0.2) is 131 Å². The van der Waals surface area contributed by atoms with Gasteiger partial charge in [-0.3, -0.25) is 9.11 Å². The summed E-state index contributed by atoms with van der Waals surface area (Å²) in [5.41, 5.74) is 12.9. The zero-order valence-electron chi connectivity index (χ0n) is 31.3. The molecule has 0 unspecified atom stereocenters. The summed E-state index contributed by atoms with van der Waals surface area (Å²) < 4.78 is 67.5. The van der Waals surface area contributed by atoms with Gasteiger partial charge in [-0.1, -0.05) is 108 Å². The van der Waals surface area contributed by atoms with Gasteiger partial charge in [0.15, 0.2) is 0 Å². The number of benzene rings is 4. The van der Waals surface area contributed by atoms with Crippen LogP contribution in [0.1, 0.15) is 33.9 Å². The van der Waals surface area contributed by atoms with E-state index in [9.17, 15) is 25.9 Å². The molecule has 0 saturated carbocycles. The topological polar surface area (TPSA) is 163 Å². The van der Waals surface area contributed by atoms with Gasteiger partial charge >= 0.3 is 16.8 Å². The van der Waals surface area contributed by atoms with Gasteiger partial charge in [-0.2, -0.15) is 16.8 Å². The number of fused-ring (bicyclic) bond motifs is 8. The van der Waals surface area contributed by atoms with E-state index in [2.05, 4.69) is 0 Å². The Hall–Kier alpha value is -6.19. The molecule has 9 rings (SSSR count). The van der Waals surface area contributed by atoms with Crippen LogP contribution in [0.5, 0.6) is 0 Å². The van der Waals surface area contributed by atoms with E-state index >= 15 is 0 Å². The van der Waals surface area contributed by atoms with Crippen LogP contribution in [-0.4, -0.2) is 35.9 Å². The number of hydrogen-bond acceptors (Lipinski definition) is 6. The van der Waals surface area contributed by atoms with E-state index in [1.165, 1.54) is 24.3 Å². The minimum Gasteiger partial charge on any atom is -0.657 e. The molecule has 293 valence electrons. The van der Waals surface area contributed by atoms with Crippen molar-refractivity contribution >= 4 is 66.6 Å². The molecule has 59 heavy (non-hydrogen) atoms. The summed E-state index contributed by atoms with van der Waals surface area (Å²) in [5.74, 6) is 0. The Morgan fingerprint density at radius 3 is 0.864 bits per heavy atom. The smallest absolute Gasteiger partial charge is 0.657 e. The van der Waals surface area contributed by atoms with Gasteiger partial charge in [0.2, 0.25) is 0 Å². The zero-order chi connectivity index (χ0) is 40.3. The summed E-state index contributed by atoms with van der Waals surface area (Å²) in [5, 5.41) is 0. The standard InChI is InChI=1S/C46H32N4O6S2.Co/c1-27-3-7-29(8-4-27)43-35-19-20-36(47-35)44(30-9-5-28(2)6-10-30)38-22-24-40(49-38)46(32-13-17-34(18-14-32)58(54,55)56)42-26-25-41(50-42)45(39-23-21-37(43)48-39)31-11-15-33(16-12-31)57(51,52)53;/h3-26H,1-2H3,(H,51,52,53)(H,54,55,56);/q-2;+2. The molecule has 0 spiro atoms. The largest absolute Gasteiger partial charge is 2.00 e. The van der Waals surface area contributed by atoms with Crippen molar-refractivity contribution < 1.29 is 42.7 Å². The van der Waals surface area contributed by atoms with Crippen LogP contribution in [0, 0.1) is 13.8 Å². The average Bonchev–Trinajstić information content (AvgIpc) is 4.04. The monoisotopic (exact) mass is 859 g/mol. The SMILES string of the molecule is Cc1ccc(-c2c3nc(c(-c4ccc(S(=O)(=O)O)cc4)c4ccc([n-]4)c(-c4ccc(S(=O)(=O)O)cc4)c4nc(c(-c5ccc(C)cc5)c5ccc2[n-]5)C=C4)C=C3)cc1.[Co+2]. The summed E-state index contributed by atoms with van der Waals surface area (Å²) in [6.45, 7) is 4.06. The van der Waals surface area contributed by atoms with Crippen LogP contribution in [0.25, 0.3) is 90.9 Å². The van der Waals surface area contributed by atoms with Crippen molar-refractivity contribution in [2.24, 2.45) is 0 Å². The van der Waals surface area contributed by atoms with Gasteiger partial charge in [0.1, 0.15) is 0 Å². The van der Waals surface area contributed by atoms with Gasteiger partial charge in [0.25, 0.3) is 20.2 Å². The maximum absolute atomic E-state index is 12.0. The van der Waals surface area contributed by atoms with E-state index in [0.29, 0.717) is 67.1 Å². The van der Waals surface area contributed by atoms with Crippen molar-refractivity contribution in [1.29, 1.82) is 0 Å². The molecule has 13 heteroatoms. The summed E-state index contributed by atoms with van der Waals surface area (Å²) >= 11 is 0. The predicted molar refractivity (Wildman–Crippen MR) is 228 cm³/mol. The predicted octanol–water partition coefficient (Wildman–Crippen LogP) is 9.69. The maximum atomic E-state index is 12.0. The third-order valence-electron chi connectivity index (χ3n) is 10.2. The Morgan fingerprint density at radius 2 is 0.627 bits per heavy atom. The van der Waals surface area contributed by atoms with E-state index in [0.717, 1.165) is 33.4 Å². The van der Waals surface area contributed by atoms with Crippen molar-refractivity contribution in [3.8, 4) is 44.5 Å². The van der Waals surface area contributed by atoms with Crippen LogP contribution >= 0.6 is 0 Å². The molecule has 7 aromatic rings. The van der Waals surface area contributed by atoms with Crippen LogP contribution in [0.3, 0.4) is 0 Å². The molecular weight excluding hydrogens is 828 g/mol. The molecule has 3 aromatic heterocycles. The van der Waals surface area contributed by atoms with Gasteiger partial charge in [0, 0.05) is 0 Å². The first-order valence-corrected chi connectivity index (χ1v) is 21.0. The molecular formula is C46H32CoN4O6S2. The fraction of sp³-hybridized carbons (Fsp3) is 0.0435. The first-order chi connectivity index (χ1) is 27.8. The maximum Gasteiger partial charge on any atom is 2.00 e. The van der Waals surface area contributed by atoms with Crippen molar-refractivity contribution in [3.05, 3.63) is 155 Å². The normalized spacial score (nSPS) is 12.4. The van der Waals surface area contributed by atoms with E-state index in [4.69, 9.17) is 19.9 Å². The van der Waals surface area contributed by atoms with Crippen molar-refractivity contribution in [1.82, 2.24) is 19.9 Å². The Labute approximate surface area is 350 Å². The molecule has 0 aliphatic carbocycles. The first kappa shape index (κ1) is 39.6. The Morgan fingerprint density at radius 1 is 0.390 bits per heavy atom. The van der Waals surface area contributed by atoms with Crippen LogP contribution in [-0.2, 0) is 37.0 Å². The Balaban J connectivity index is 0.00000484. The van der Waals surface area contributed by atoms with E-state index < -0.39 is 20.2 Å². The minimum absolute atomic E-state index is 0. The molecule has 2 N–H and O–H groups in total. The molecule has 0 amide bonds. The fourth-order valence-corrected chi connectivity index (χ4v) is 8.26. The van der Waals surface area contributed by atoms with Crippen LogP contribution < -0.4 is 9.97 Å². The quantitative estimate of drug-likeness (QED) is 0.154. The molecule has 8 bridgehead atoms. The van der Waals surface area contributed by atoms with Crippen molar-refractivity contribution in [2.75, 3.05) is 0 Å². The van der Waals surface area contributed by atoms with Crippen LogP contribution in [0.2, 0.25) is 0 Å². The summed E-state index contributed by atoms with van der Waals surface area (Å²) in [6.07, 6.45) is 7.63. The Kier molecular flexibility index (Phi) is 10.2. The average molecular weight is 860 g/mol. The molecule has 0 fully saturated rings. The molecule has 2 aliphatic rings. The van der Waals surface area contributed by atoms with E-state index in [1.807, 2.05) is 111 Å². The molecule has 0 saturated heterocycles. The summed E-state index contributed by atoms with van der Waals surface area (Å²) in [6, 6.07) is 35.7. The molecule has 5 heterocycles. The molecule has 2 aliphatic heterocycles. The summed E-state index contributed by atoms with van der Waals surface area (Å²) in [7, 11) is -8.91. The van der Waals surface area contributed by atoms with Crippen molar-refractivity contribution in [3.63, 3.8) is 0 Å². The van der Waals surface area contributed by atoms with Gasteiger partial charge < -0.3 is 9.97 Å². The van der Waals surface area contributed by atoms with Crippen molar-refractivity contribution in [2.45, 2.75) is 23.6 Å². The number of rotatable bonds is 6. The second-order valence-electron chi connectivity index (χ2n) is 14.1. The second-order valence-corrected chi connectivity index (χ2v) is 16.9. The van der Waals surface area contributed by atoms with Gasteiger partial charge in [-0.15, -0.1) is 22.1 Å². The number of hydrogen-bond donors (Lipinski definition) is 2. The number of aryl methyl sites for hydroxylation is 2. The molecule has 10 nitrogen and oxygen atoms in total. The number of aromatic nitrogens is 4. The third-order valence-corrected chi connectivity index (χ3v) is 11.9.